The van der Waals surface area contributed by atoms with Gasteiger partial charge in [0.2, 0.25) is 0 Å². The summed E-state index contributed by atoms with van der Waals surface area (Å²) in [6, 6.07) is 11.8. The first-order valence-electron chi connectivity index (χ1n) is 9.14. The Morgan fingerprint density at radius 2 is 1.56 bits per heavy atom. The molecule has 0 saturated carbocycles. The van der Waals surface area contributed by atoms with Crippen molar-refractivity contribution in [2.24, 2.45) is 5.92 Å². The average molecular weight is 366 g/mol. The van der Waals surface area contributed by atoms with E-state index in [0.717, 1.165) is 6.42 Å². The lowest BCUT2D eigenvalue weighted by Gasteiger charge is -2.18. The highest BCUT2D eigenvalue weighted by Crippen LogP contribution is 2.29. The third-order valence-electron chi connectivity index (χ3n) is 4.71. The van der Waals surface area contributed by atoms with E-state index >= 15 is 0 Å². The molecule has 1 atom stereocenters. The summed E-state index contributed by atoms with van der Waals surface area (Å²) in [6.45, 7) is 4.42. The fraction of sp³-hybridized carbons (Fsp3) is 0.318. The van der Waals surface area contributed by atoms with E-state index in [9.17, 15) is 14.4 Å². The highest BCUT2D eigenvalue weighted by atomic mass is 16.5. The van der Waals surface area contributed by atoms with E-state index < -0.39 is 0 Å². The smallest absolute Gasteiger partial charge is 0.308 e. The summed E-state index contributed by atoms with van der Waals surface area (Å²) < 4.78 is 10.8. The first kappa shape index (κ1) is 18.8. The minimum atomic E-state index is -0.200. The van der Waals surface area contributed by atoms with E-state index in [4.69, 9.17) is 9.47 Å². The van der Waals surface area contributed by atoms with Crippen LogP contribution in [0.15, 0.2) is 42.5 Å². The van der Waals surface area contributed by atoms with Gasteiger partial charge in [0.15, 0.2) is 11.6 Å². The Kier molecular flexibility index (Phi) is 5.69. The first-order valence-corrected chi connectivity index (χ1v) is 9.14. The van der Waals surface area contributed by atoms with Crippen molar-refractivity contribution in [2.75, 3.05) is 13.2 Å². The van der Waals surface area contributed by atoms with Crippen LogP contribution in [-0.4, -0.2) is 30.7 Å². The zero-order valence-corrected chi connectivity index (χ0v) is 15.5. The molecule has 0 amide bonds. The van der Waals surface area contributed by atoms with Crippen molar-refractivity contribution >= 4 is 17.5 Å². The molecule has 0 spiro atoms. The fourth-order valence-corrected chi connectivity index (χ4v) is 2.90. The third kappa shape index (κ3) is 3.92. The van der Waals surface area contributed by atoms with Gasteiger partial charge in [-0.15, -0.1) is 0 Å². The van der Waals surface area contributed by atoms with Gasteiger partial charge in [0, 0.05) is 28.7 Å². The molecule has 0 aliphatic heterocycles. The molecular weight excluding hydrogens is 344 g/mol. The Morgan fingerprint density at radius 1 is 0.926 bits per heavy atom. The molecule has 0 bridgehead atoms. The minimum Gasteiger partial charge on any atom is -0.493 e. The average Bonchev–Trinajstić information content (AvgIpc) is 2.70. The molecule has 5 heteroatoms. The van der Waals surface area contributed by atoms with Crippen LogP contribution < -0.4 is 4.74 Å². The monoisotopic (exact) mass is 366 g/mol. The summed E-state index contributed by atoms with van der Waals surface area (Å²) in [5.74, 6) is -0.105. The molecule has 2 aromatic rings. The molecule has 0 N–H and O–H groups in total. The summed E-state index contributed by atoms with van der Waals surface area (Å²) in [5.41, 5.74) is 1.61. The molecule has 1 aliphatic rings. The Bertz CT molecular complexity index is 884. The van der Waals surface area contributed by atoms with Gasteiger partial charge in [0.05, 0.1) is 19.1 Å². The molecule has 0 radical (unpaired) electrons. The molecule has 140 valence electrons. The number of carbonyl (C=O) groups is 3. The van der Waals surface area contributed by atoms with Gasteiger partial charge in [-0.2, -0.15) is 0 Å². The summed E-state index contributed by atoms with van der Waals surface area (Å²) in [6.07, 6.45) is 1.30. The number of fused-ring (bicyclic) bond motifs is 2. The lowest BCUT2D eigenvalue weighted by molar-refractivity contribution is -0.148. The van der Waals surface area contributed by atoms with Crippen LogP contribution in [0, 0.1) is 5.92 Å². The SMILES string of the molecule is CCC(C)C(=O)OCCCOc1ccc2c(c1)C(=O)c1ccccc1C2=O. The largest absolute Gasteiger partial charge is 0.493 e. The van der Waals surface area contributed by atoms with Crippen LogP contribution in [-0.2, 0) is 9.53 Å². The summed E-state index contributed by atoms with van der Waals surface area (Å²) in [5, 5.41) is 0. The molecule has 0 aromatic heterocycles. The quantitative estimate of drug-likeness (QED) is 0.470. The zero-order valence-electron chi connectivity index (χ0n) is 15.5. The van der Waals surface area contributed by atoms with Crippen molar-refractivity contribution in [3.05, 3.63) is 64.7 Å². The summed E-state index contributed by atoms with van der Waals surface area (Å²) in [4.78, 5) is 36.9. The molecular formula is C22H22O5. The van der Waals surface area contributed by atoms with Gasteiger partial charge in [0.1, 0.15) is 5.75 Å². The van der Waals surface area contributed by atoms with E-state index in [1.807, 2.05) is 13.8 Å². The molecule has 0 saturated heterocycles. The molecule has 1 aliphatic carbocycles. The summed E-state index contributed by atoms with van der Waals surface area (Å²) >= 11 is 0. The van der Waals surface area contributed by atoms with Gasteiger partial charge in [-0.1, -0.05) is 38.1 Å². The molecule has 27 heavy (non-hydrogen) atoms. The fourth-order valence-electron chi connectivity index (χ4n) is 2.90. The number of carbonyl (C=O) groups excluding carboxylic acids is 3. The van der Waals surface area contributed by atoms with Crippen LogP contribution >= 0.6 is 0 Å². The highest BCUT2D eigenvalue weighted by Gasteiger charge is 2.29. The maximum atomic E-state index is 12.7. The van der Waals surface area contributed by atoms with E-state index in [2.05, 4.69) is 0 Å². The van der Waals surface area contributed by atoms with E-state index in [1.54, 1.807) is 42.5 Å². The number of benzene rings is 2. The van der Waals surface area contributed by atoms with Gasteiger partial charge >= 0.3 is 5.97 Å². The number of hydrogen-bond acceptors (Lipinski definition) is 5. The van der Waals surface area contributed by atoms with Gasteiger partial charge in [0.25, 0.3) is 0 Å². The van der Waals surface area contributed by atoms with E-state index in [-0.39, 0.29) is 23.5 Å². The van der Waals surface area contributed by atoms with E-state index in [1.165, 1.54) is 0 Å². The normalized spacial score (nSPS) is 13.6. The highest BCUT2D eigenvalue weighted by molar-refractivity contribution is 6.28. The second-order valence-corrected chi connectivity index (χ2v) is 6.59. The molecule has 1 unspecified atom stereocenters. The Balaban J connectivity index is 1.61. The Labute approximate surface area is 158 Å². The molecule has 0 heterocycles. The number of esters is 1. The Morgan fingerprint density at radius 3 is 2.22 bits per heavy atom. The lowest BCUT2D eigenvalue weighted by Crippen LogP contribution is -2.20. The van der Waals surface area contributed by atoms with E-state index in [0.29, 0.717) is 47.6 Å². The molecule has 3 rings (SSSR count). The van der Waals surface area contributed by atoms with Crippen molar-refractivity contribution in [1.82, 2.24) is 0 Å². The van der Waals surface area contributed by atoms with Crippen LogP contribution in [0.4, 0.5) is 0 Å². The molecule has 2 aromatic carbocycles. The maximum Gasteiger partial charge on any atom is 0.308 e. The van der Waals surface area contributed by atoms with Crippen molar-refractivity contribution < 1.29 is 23.9 Å². The van der Waals surface area contributed by atoms with Crippen molar-refractivity contribution in [2.45, 2.75) is 26.7 Å². The van der Waals surface area contributed by atoms with Crippen LogP contribution in [0.1, 0.15) is 58.5 Å². The predicted molar refractivity (Wildman–Crippen MR) is 100 cm³/mol. The van der Waals surface area contributed by atoms with Crippen molar-refractivity contribution in [3.63, 3.8) is 0 Å². The van der Waals surface area contributed by atoms with Gasteiger partial charge < -0.3 is 9.47 Å². The van der Waals surface area contributed by atoms with Gasteiger partial charge in [-0.25, -0.2) is 0 Å². The van der Waals surface area contributed by atoms with Gasteiger partial charge in [-0.05, 0) is 24.6 Å². The third-order valence-corrected chi connectivity index (χ3v) is 4.71. The zero-order chi connectivity index (χ0) is 19.4. The predicted octanol–water partition coefficient (Wildman–Crippen LogP) is 3.82. The first-order chi connectivity index (χ1) is 13.0. The standard InChI is InChI=1S/C22H22O5/c1-3-14(2)22(25)27-12-6-11-26-15-9-10-18-19(13-15)21(24)17-8-5-4-7-16(17)20(18)23/h4-5,7-10,13-14H,3,6,11-12H2,1-2H3. The lowest BCUT2D eigenvalue weighted by atomic mass is 9.84. The molecule has 5 nitrogen and oxygen atoms in total. The second kappa shape index (κ2) is 8.16. The van der Waals surface area contributed by atoms with Gasteiger partial charge in [-0.3, -0.25) is 14.4 Å². The van der Waals surface area contributed by atoms with Crippen LogP contribution in [0.3, 0.4) is 0 Å². The maximum absolute atomic E-state index is 12.7. The van der Waals surface area contributed by atoms with Crippen molar-refractivity contribution in [3.8, 4) is 5.75 Å². The number of hydrogen-bond donors (Lipinski definition) is 0. The minimum absolute atomic E-state index is 0.0991. The van der Waals surface area contributed by atoms with Crippen LogP contribution in [0.25, 0.3) is 0 Å². The Hall–Kier alpha value is -2.95. The summed E-state index contributed by atoms with van der Waals surface area (Å²) in [7, 11) is 0. The second-order valence-electron chi connectivity index (χ2n) is 6.59. The van der Waals surface area contributed by atoms with Crippen LogP contribution in [0.2, 0.25) is 0 Å². The number of ketones is 2. The van der Waals surface area contributed by atoms with Crippen molar-refractivity contribution in [1.29, 1.82) is 0 Å². The van der Waals surface area contributed by atoms with Crippen LogP contribution in [0.5, 0.6) is 5.75 Å². The molecule has 0 fully saturated rings. The number of ether oxygens (including phenoxy) is 2. The topological polar surface area (TPSA) is 69.7 Å². The number of rotatable bonds is 7.